The number of nitrogens with one attached hydrogen (secondary N) is 1. The molecule has 0 heterocycles. The number of carbonyl (C=O) groups excluding carboxylic acids is 1. The number of unbranched alkanes of at least 4 members (excludes halogenated alkanes) is 1. The molecule has 0 saturated heterocycles. The molecule has 13 heavy (non-hydrogen) atoms. The predicted octanol–water partition coefficient (Wildman–Crippen LogP) is 1.42. The van der Waals surface area contributed by atoms with Gasteiger partial charge in [-0.05, 0) is 32.7 Å². The Morgan fingerprint density at radius 1 is 1.46 bits per heavy atom. The van der Waals surface area contributed by atoms with E-state index in [1.54, 1.807) is 0 Å². The second kappa shape index (κ2) is 8.05. The van der Waals surface area contributed by atoms with Gasteiger partial charge in [0, 0.05) is 12.5 Å². The quantitative estimate of drug-likeness (QED) is 0.591. The van der Waals surface area contributed by atoms with E-state index in [1.165, 1.54) is 0 Å². The number of hydrogen-bond donors (Lipinski definition) is 2. The van der Waals surface area contributed by atoms with Gasteiger partial charge in [0.15, 0.2) is 0 Å². The van der Waals surface area contributed by atoms with E-state index < -0.39 is 0 Å². The number of hydrogen-bond acceptors (Lipinski definition) is 2. The summed E-state index contributed by atoms with van der Waals surface area (Å²) in [6, 6.07) is 0.315. The third-order valence-corrected chi connectivity index (χ3v) is 1.99. The molecule has 0 aliphatic rings. The van der Waals surface area contributed by atoms with Crippen molar-refractivity contribution in [2.75, 3.05) is 6.54 Å². The molecule has 0 saturated carbocycles. The first-order chi connectivity index (χ1) is 6.20. The maximum absolute atomic E-state index is 11.3. The van der Waals surface area contributed by atoms with Crippen LogP contribution in [0, 0.1) is 0 Å². The van der Waals surface area contributed by atoms with Crippen molar-refractivity contribution in [1.82, 2.24) is 5.32 Å². The second-order valence-corrected chi connectivity index (χ2v) is 3.50. The van der Waals surface area contributed by atoms with E-state index in [-0.39, 0.29) is 5.91 Å². The van der Waals surface area contributed by atoms with Crippen LogP contribution in [0.3, 0.4) is 0 Å². The summed E-state index contributed by atoms with van der Waals surface area (Å²) in [6.07, 6.45) is 4.63. The van der Waals surface area contributed by atoms with Gasteiger partial charge in [-0.1, -0.05) is 13.3 Å². The molecule has 0 aromatic rings. The van der Waals surface area contributed by atoms with Crippen LogP contribution in [0.25, 0.3) is 0 Å². The normalized spacial score (nSPS) is 12.5. The summed E-state index contributed by atoms with van der Waals surface area (Å²) < 4.78 is 0. The van der Waals surface area contributed by atoms with Crippen LogP contribution in [-0.4, -0.2) is 18.5 Å². The van der Waals surface area contributed by atoms with Crippen LogP contribution >= 0.6 is 0 Å². The Bertz CT molecular complexity index is 137. The standard InChI is InChI=1S/C10H22N2O/c1-3-6-9(2)12-10(13)7-4-5-8-11/h9H,3-8,11H2,1-2H3,(H,12,13). The van der Waals surface area contributed by atoms with Gasteiger partial charge in [-0.3, -0.25) is 4.79 Å². The van der Waals surface area contributed by atoms with Crippen LogP contribution in [0.2, 0.25) is 0 Å². The molecule has 0 fully saturated rings. The van der Waals surface area contributed by atoms with E-state index >= 15 is 0 Å². The second-order valence-electron chi connectivity index (χ2n) is 3.50. The molecular weight excluding hydrogens is 164 g/mol. The molecule has 78 valence electrons. The fourth-order valence-corrected chi connectivity index (χ4v) is 1.28. The zero-order valence-corrected chi connectivity index (χ0v) is 8.81. The van der Waals surface area contributed by atoms with Crippen LogP contribution in [0.4, 0.5) is 0 Å². The Labute approximate surface area is 81.1 Å². The zero-order valence-electron chi connectivity index (χ0n) is 8.81. The minimum Gasteiger partial charge on any atom is -0.354 e. The van der Waals surface area contributed by atoms with E-state index in [2.05, 4.69) is 12.2 Å². The summed E-state index contributed by atoms with van der Waals surface area (Å²) in [5.74, 6) is 0.161. The molecule has 0 aliphatic heterocycles. The van der Waals surface area contributed by atoms with Crippen LogP contribution in [0.5, 0.6) is 0 Å². The topological polar surface area (TPSA) is 55.1 Å². The lowest BCUT2D eigenvalue weighted by Crippen LogP contribution is -2.32. The Morgan fingerprint density at radius 3 is 2.69 bits per heavy atom. The molecule has 3 N–H and O–H groups in total. The molecule has 0 aromatic carbocycles. The molecule has 0 aromatic heterocycles. The predicted molar refractivity (Wildman–Crippen MR) is 55.4 cm³/mol. The van der Waals surface area contributed by atoms with Crippen LogP contribution in [0.15, 0.2) is 0 Å². The fraction of sp³-hybridized carbons (Fsp3) is 0.900. The lowest BCUT2D eigenvalue weighted by Gasteiger charge is -2.12. The van der Waals surface area contributed by atoms with E-state index in [9.17, 15) is 4.79 Å². The summed E-state index contributed by atoms with van der Waals surface area (Å²) in [6.45, 7) is 4.85. The van der Waals surface area contributed by atoms with Crippen molar-refractivity contribution >= 4 is 5.91 Å². The van der Waals surface area contributed by atoms with Gasteiger partial charge in [0.25, 0.3) is 0 Å². The maximum Gasteiger partial charge on any atom is 0.220 e. The molecule has 0 aliphatic carbocycles. The first-order valence-electron chi connectivity index (χ1n) is 5.20. The van der Waals surface area contributed by atoms with Gasteiger partial charge in [0.05, 0.1) is 0 Å². The van der Waals surface area contributed by atoms with Gasteiger partial charge in [-0.2, -0.15) is 0 Å². The van der Waals surface area contributed by atoms with E-state index in [0.29, 0.717) is 19.0 Å². The smallest absolute Gasteiger partial charge is 0.220 e. The highest BCUT2D eigenvalue weighted by atomic mass is 16.1. The average Bonchev–Trinajstić information content (AvgIpc) is 2.05. The van der Waals surface area contributed by atoms with Crippen LogP contribution in [-0.2, 0) is 4.79 Å². The largest absolute Gasteiger partial charge is 0.354 e. The van der Waals surface area contributed by atoms with Gasteiger partial charge in [0.1, 0.15) is 0 Å². The van der Waals surface area contributed by atoms with E-state index in [1.807, 2.05) is 6.92 Å². The van der Waals surface area contributed by atoms with Crippen molar-refractivity contribution in [2.45, 2.75) is 52.0 Å². The van der Waals surface area contributed by atoms with Crippen LogP contribution < -0.4 is 11.1 Å². The molecule has 0 spiro atoms. The molecule has 0 bridgehead atoms. The summed E-state index contributed by atoms with van der Waals surface area (Å²) >= 11 is 0. The highest BCUT2D eigenvalue weighted by Gasteiger charge is 2.04. The van der Waals surface area contributed by atoms with Crippen molar-refractivity contribution < 1.29 is 4.79 Å². The Balaban J connectivity index is 3.38. The average molecular weight is 186 g/mol. The SMILES string of the molecule is CCCC(C)NC(=O)CCCCN. The lowest BCUT2D eigenvalue weighted by atomic mass is 10.2. The first kappa shape index (κ1) is 12.4. The van der Waals surface area contributed by atoms with Crippen molar-refractivity contribution in [1.29, 1.82) is 0 Å². The van der Waals surface area contributed by atoms with Gasteiger partial charge >= 0.3 is 0 Å². The highest BCUT2D eigenvalue weighted by Crippen LogP contribution is 1.98. The Hall–Kier alpha value is -0.570. The summed E-state index contributed by atoms with van der Waals surface area (Å²) in [5.41, 5.74) is 5.33. The lowest BCUT2D eigenvalue weighted by molar-refractivity contribution is -0.121. The third-order valence-electron chi connectivity index (χ3n) is 1.99. The van der Waals surface area contributed by atoms with Crippen molar-refractivity contribution in [2.24, 2.45) is 5.73 Å². The molecule has 1 unspecified atom stereocenters. The third kappa shape index (κ3) is 7.78. The molecule has 0 rings (SSSR count). The zero-order chi connectivity index (χ0) is 10.1. The molecule has 1 atom stereocenters. The summed E-state index contributed by atoms with van der Waals surface area (Å²) in [7, 11) is 0. The molecule has 0 radical (unpaired) electrons. The monoisotopic (exact) mass is 186 g/mol. The fourth-order valence-electron chi connectivity index (χ4n) is 1.28. The molecule has 3 nitrogen and oxygen atoms in total. The molecular formula is C10H22N2O. The van der Waals surface area contributed by atoms with Gasteiger partial charge in [-0.15, -0.1) is 0 Å². The molecule has 3 heteroatoms. The number of rotatable bonds is 7. The van der Waals surface area contributed by atoms with Crippen LogP contribution in [0.1, 0.15) is 46.0 Å². The highest BCUT2D eigenvalue weighted by molar-refractivity contribution is 5.76. The van der Waals surface area contributed by atoms with Crippen molar-refractivity contribution in [3.63, 3.8) is 0 Å². The summed E-state index contributed by atoms with van der Waals surface area (Å²) in [4.78, 5) is 11.3. The number of carbonyl (C=O) groups is 1. The first-order valence-corrected chi connectivity index (χ1v) is 5.20. The Morgan fingerprint density at radius 2 is 2.15 bits per heavy atom. The Kier molecular flexibility index (Phi) is 7.69. The minimum absolute atomic E-state index is 0.161. The van der Waals surface area contributed by atoms with Gasteiger partial charge in [-0.25, -0.2) is 0 Å². The minimum atomic E-state index is 0.161. The van der Waals surface area contributed by atoms with Gasteiger partial charge in [0.2, 0.25) is 5.91 Å². The van der Waals surface area contributed by atoms with Crippen molar-refractivity contribution in [3.8, 4) is 0 Å². The molecule has 1 amide bonds. The van der Waals surface area contributed by atoms with Gasteiger partial charge < -0.3 is 11.1 Å². The van der Waals surface area contributed by atoms with Crippen molar-refractivity contribution in [3.05, 3.63) is 0 Å². The number of nitrogens with two attached hydrogens (primary N) is 1. The maximum atomic E-state index is 11.3. The number of amides is 1. The van der Waals surface area contributed by atoms with E-state index in [0.717, 1.165) is 25.7 Å². The summed E-state index contributed by atoms with van der Waals surface area (Å²) in [5, 5.41) is 2.96. The van der Waals surface area contributed by atoms with E-state index in [4.69, 9.17) is 5.73 Å².